The van der Waals surface area contributed by atoms with E-state index in [1.54, 1.807) is 0 Å². The second-order valence-corrected chi connectivity index (χ2v) is 15.4. The van der Waals surface area contributed by atoms with Crippen molar-refractivity contribution in [3.63, 3.8) is 0 Å². The standard InChI is InChI=1S/C52H35N5O/c1-52-29-15-14-23-43(52)40-22-10-13-26-46(40)57(52)51-54-49(34-18-6-3-7-19-34)53-50(55-51)42-32-36(56-44-24-11-8-20-37(44)38-21-9-12-25-45(38)56)31-41-39-28-27-35(30-47(39)58-48(41)42)33-16-4-2-5-17-33/h2-32,43H,1H3. The van der Waals surface area contributed by atoms with Gasteiger partial charge in [-0.15, -0.1) is 0 Å². The zero-order valence-electron chi connectivity index (χ0n) is 31.6. The molecule has 0 spiro atoms. The highest BCUT2D eigenvalue weighted by molar-refractivity contribution is 6.13. The van der Waals surface area contributed by atoms with Gasteiger partial charge in [0.25, 0.3) is 0 Å². The van der Waals surface area contributed by atoms with Crippen molar-refractivity contribution in [2.75, 3.05) is 4.90 Å². The van der Waals surface area contributed by atoms with Crippen LogP contribution in [-0.4, -0.2) is 25.1 Å². The quantitative estimate of drug-likeness (QED) is 0.176. The van der Waals surface area contributed by atoms with Gasteiger partial charge < -0.3 is 8.98 Å². The molecule has 3 aromatic heterocycles. The SMILES string of the molecule is CC12C=CC=CC1c1ccccc1N2c1nc(-c2ccccc2)nc(-c2cc(-n3c4ccccc4c4ccccc43)cc3c2oc2cc(-c4ccccc4)ccc23)n1. The zero-order valence-corrected chi connectivity index (χ0v) is 31.6. The van der Waals surface area contributed by atoms with Crippen LogP contribution in [0.4, 0.5) is 11.6 Å². The number of allylic oxidation sites excluding steroid dienone is 2. The second kappa shape index (κ2) is 12.5. The number of hydrogen-bond donors (Lipinski definition) is 0. The van der Waals surface area contributed by atoms with Crippen molar-refractivity contribution in [2.45, 2.75) is 18.4 Å². The van der Waals surface area contributed by atoms with Gasteiger partial charge in [0.2, 0.25) is 5.95 Å². The van der Waals surface area contributed by atoms with Crippen molar-refractivity contribution in [1.82, 2.24) is 19.5 Å². The number of nitrogens with zero attached hydrogens (tertiary/aromatic N) is 5. The molecule has 0 amide bonds. The van der Waals surface area contributed by atoms with E-state index in [1.807, 2.05) is 24.3 Å². The van der Waals surface area contributed by atoms with E-state index in [9.17, 15) is 0 Å². The first-order chi connectivity index (χ1) is 28.6. The van der Waals surface area contributed by atoms with Crippen LogP contribution in [0.25, 0.3) is 83.3 Å². The lowest BCUT2D eigenvalue weighted by Gasteiger charge is -2.37. The molecular formula is C52H35N5O. The number of hydrogen-bond acceptors (Lipinski definition) is 5. The summed E-state index contributed by atoms with van der Waals surface area (Å²) in [5.41, 5.74) is 10.6. The van der Waals surface area contributed by atoms with E-state index in [0.29, 0.717) is 17.6 Å². The second-order valence-electron chi connectivity index (χ2n) is 15.4. The molecule has 6 heteroatoms. The minimum Gasteiger partial charge on any atom is -0.455 e. The van der Waals surface area contributed by atoms with Crippen LogP contribution in [-0.2, 0) is 0 Å². The van der Waals surface area contributed by atoms with Crippen molar-refractivity contribution in [3.05, 3.63) is 194 Å². The van der Waals surface area contributed by atoms with Crippen LogP contribution in [0.5, 0.6) is 0 Å². The van der Waals surface area contributed by atoms with E-state index < -0.39 is 5.54 Å². The Balaban J connectivity index is 1.17. The highest BCUT2D eigenvalue weighted by Gasteiger charge is 2.48. The fourth-order valence-corrected chi connectivity index (χ4v) is 9.36. The maximum absolute atomic E-state index is 6.98. The number of furan rings is 1. The molecular weight excluding hydrogens is 711 g/mol. The van der Waals surface area contributed by atoms with Crippen molar-refractivity contribution < 1.29 is 4.42 Å². The zero-order chi connectivity index (χ0) is 38.4. The summed E-state index contributed by atoms with van der Waals surface area (Å²) in [6.45, 7) is 2.27. The molecule has 4 heterocycles. The Morgan fingerprint density at radius 1 is 0.552 bits per heavy atom. The molecule has 0 fully saturated rings. The van der Waals surface area contributed by atoms with Gasteiger partial charge in [0.05, 0.1) is 22.1 Å². The smallest absolute Gasteiger partial charge is 0.234 e. The lowest BCUT2D eigenvalue weighted by Crippen LogP contribution is -2.43. The molecule has 12 rings (SSSR count). The summed E-state index contributed by atoms with van der Waals surface area (Å²) < 4.78 is 9.33. The fourth-order valence-electron chi connectivity index (χ4n) is 9.36. The first-order valence-corrected chi connectivity index (χ1v) is 19.7. The van der Waals surface area contributed by atoms with Gasteiger partial charge in [-0.25, -0.2) is 4.98 Å². The Kier molecular flexibility index (Phi) is 7.02. The van der Waals surface area contributed by atoms with E-state index in [4.69, 9.17) is 19.4 Å². The molecule has 58 heavy (non-hydrogen) atoms. The largest absolute Gasteiger partial charge is 0.455 e. The first-order valence-electron chi connectivity index (χ1n) is 19.7. The third-order valence-corrected chi connectivity index (χ3v) is 12.1. The Morgan fingerprint density at radius 2 is 1.22 bits per heavy atom. The van der Waals surface area contributed by atoms with Crippen molar-refractivity contribution in [1.29, 1.82) is 0 Å². The van der Waals surface area contributed by atoms with Crippen LogP contribution < -0.4 is 4.90 Å². The molecule has 7 aromatic carbocycles. The molecule has 0 radical (unpaired) electrons. The van der Waals surface area contributed by atoms with Gasteiger partial charge in [-0.2, -0.15) is 9.97 Å². The Bertz CT molecular complexity index is 3270. The molecule has 0 bridgehead atoms. The summed E-state index contributed by atoms with van der Waals surface area (Å²) in [7, 11) is 0. The number of fused-ring (bicyclic) bond motifs is 9. The van der Waals surface area contributed by atoms with E-state index in [0.717, 1.165) is 66.6 Å². The Labute approximate surface area is 334 Å². The molecule has 1 aliphatic heterocycles. The topological polar surface area (TPSA) is 60.0 Å². The highest BCUT2D eigenvalue weighted by Crippen LogP contribution is 2.53. The summed E-state index contributed by atoms with van der Waals surface area (Å²) in [4.78, 5) is 18.3. The lowest BCUT2D eigenvalue weighted by atomic mass is 9.81. The van der Waals surface area contributed by atoms with Gasteiger partial charge in [-0.3, -0.25) is 4.90 Å². The van der Waals surface area contributed by atoms with Gasteiger partial charge in [0.1, 0.15) is 11.2 Å². The third kappa shape index (κ3) is 4.81. The molecule has 1 aliphatic carbocycles. The maximum Gasteiger partial charge on any atom is 0.234 e. The predicted octanol–water partition coefficient (Wildman–Crippen LogP) is 13.0. The molecule has 2 atom stereocenters. The molecule has 10 aromatic rings. The van der Waals surface area contributed by atoms with Gasteiger partial charge in [0, 0.05) is 44.4 Å². The van der Waals surface area contributed by atoms with Crippen molar-refractivity contribution in [3.8, 4) is 39.6 Å². The van der Waals surface area contributed by atoms with Crippen molar-refractivity contribution in [2.24, 2.45) is 0 Å². The lowest BCUT2D eigenvalue weighted by molar-refractivity contribution is 0.534. The molecule has 0 saturated heterocycles. The molecule has 0 saturated carbocycles. The highest BCUT2D eigenvalue weighted by atomic mass is 16.3. The summed E-state index contributed by atoms with van der Waals surface area (Å²) >= 11 is 0. The number of benzene rings is 7. The van der Waals surface area contributed by atoms with Gasteiger partial charge >= 0.3 is 0 Å². The Hall–Kier alpha value is -7.57. The molecule has 274 valence electrons. The van der Waals surface area contributed by atoms with Gasteiger partial charge in [-0.1, -0.05) is 146 Å². The summed E-state index contributed by atoms with van der Waals surface area (Å²) in [6, 6.07) is 57.4. The predicted molar refractivity (Wildman–Crippen MR) is 236 cm³/mol. The van der Waals surface area contributed by atoms with Crippen LogP contribution in [0.1, 0.15) is 18.4 Å². The number of aromatic nitrogens is 4. The van der Waals surface area contributed by atoms with Crippen LogP contribution >= 0.6 is 0 Å². The Morgan fingerprint density at radius 3 is 2.00 bits per heavy atom. The monoisotopic (exact) mass is 745 g/mol. The first kappa shape index (κ1) is 32.7. The van der Waals surface area contributed by atoms with Crippen LogP contribution in [0.3, 0.4) is 0 Å². The van der Waals surface area contributed by atoms with Crippen LogP contribution in [0, 0.1) is 0 Å². The minimum absolute atomic E-state index is 0.133. The third-order valence-electron chi connectivity index (χ3n) is 12.1. The molecule has 2 unspecified atom stereocenters. The van der Waals surface area contributed by atoms with E-state index in [-0.39, 0.29) is 5.92 Å². The molecule has 2 aliphatic rings. The number of para-hydroxylation sites is 3. The summed E-state index contributed by atoms with van der Waals surface area (Å²) in [5.74, 6) is 1.85. The summed E-state index contributed by atoms with van der Waals surface area (Å²) in [5, 5.41) is 4.41. The van der Waals surface area contributed by atoms with Gasteiger partial charge in [0.15, 0.2) is 11.6 Å². The minimum atomic E-state index is -0.432. The molecule has 0 N–H and O–H groups in total. The van der Waals surface area contributed by atoms with Crippen LogP contribution in [0.2, 0.25) is 0 Å². The average molecular weight is 746 g/mol. The maximum atomic E-state index is 6.98. The van der Waals surface area contributed by atoms with Crippen LogP contribution in [0.15, 0.2) is 193 Å². The normalized spacial score (nSPS) is 17.1. The van der Waals surface area contributed by atoms with E-state index >= 15 is 0 Å². The fraction of sp³-hybridized carbons (Fsp3) is 0.0577. The van der Waals surface area contributed by atoms with E-state index in [1.165, 1.54) is 16.3 Å². The van der Waals surface area contributed by atoms with Gasteiger partial charge in [-0.05, 0) is 66.1 Å². The number of anilines is 2. The average Bonchev–Trinajstić information content (AvgIpc) is 3.91. The summed E-state index contributed by atoms with van der Waals surface area (Å²) in [6.07, 6.45) is 8.83. The molecule has 6 nitrogen and oxygen atoms in total. The van der Waals surface area contributed by atoms with E-state index in [2.05, 4.69) is 180 Å². The van der Waals surface area contributed by atoms with Crippen molar-refractivity contribution >= 4 is 55.4 Å². The number of rotatable bonds is 5.